The fraction of sp³-hybridized carbons (Fsp3) is 0.211. The molecule has 0 fully saturated rings. The van der Waals surface area contributed by atoms with Crippen LogP contribution in [0.25, 0.3) is 0 Å². The Morgan fingerprint density at radius 2 is 1.67 bits per heavy atom. The Bertz CT molecular complexity index is 794. The van der Waals surface area contributed by atoms with E-state index in [0.717, 1.165) is 10.5 Å². The summed E-state index contributed by atoms with van der Waals surface area (Å²) < 4.78 is 4.46. The summed E-state index contributed by atoms with van der Waals surface area (Å²) in [6.45, 7) is -0.158. The highest BCUT2D eigenvalue weighted by Crippen LogP contribution is 2.20. The number of hydrogen-bond acceptors (Lipinski definition) is 5. The molecule has 8 heteroatoms. The molecule has 0 saturated carbocycles. The van der Waals surface area contributed by atoms with E-state index < -0.39 is 5.97 Å². The number of carbonyl (C=O) groups is 3. The van der Waals surface area contributed by atoms with Gasteiger partial charge < -0.3 is 15.4 Å². The first kappa shape index (κ1) is 20.8. The van der Waals surface area contributed by atoms with Crippen molar-refractivity contribution in [3.8, 4) is 0 Å². The number of anilines is 1. The van der Waals surface area contributed by atoms with Crippen molar-refractivity contribution in [1.82, 2.24) is 5.32 Å². The minimum atomic E-state index is -0.502. The highest BCUT2D eigenvalue weighted by molar-refractivity contribution is 8.00. The molecule has 6 nitrogen and oxygen atoms in total. The first-order valence-corrected chi connectivity index (χ1v) is 9.43. The second-order valence-electron chi connectivity index (χ2n) is 5.52. The fourth-order valence-corrected chi connectivity index (χ4v) is 2.90. The number of rotatable bonds is 8. The molecule has 0 unspecified atom stereocenters. The van der Waals surface area contributed by atoms with Crippen LogP contribution in [0.4, 0.5) is 5.69 Å². The minimum Gasteiger partial charge on any atom is -0.468 e. The van der Waals surface area contributed by atoms with Gasteiger partial charge in [-0.15, -0.1) is 11.8 Å². The Morgan fingerprint density at radius 3 is 2.30 bits per heavy atom. The van der Waals surface area contributed by atoms with Crippen LogP contribution in [0.5, 0.6) is 0 Å². The summed E-state index contributed by atoms with van der Waals surface area (Å²) in [5.41, 5.74) is 1.42. The van der Waals surface area contributed by atoms with Crippen molar-refractivity contribution in [2.45, 2.75) is 11.3 Å². The lowest BCUT2D eigenvalue weighted by Crippen LogP contribution is -2.31. The maximum absolute atomic E-state index is 12.0. The lowest BCUT2D eigenvalue weighted by molar-refractivity contribution is -0.141. The van der Waals surface area contributed by atoms with E-state index in [2.05, 4.69) is 15.4 Å². The van der Waals surface area contributed by atoms with Crippen LogP contribution in [0.1, 0.15) is 5.56 Å². The molecule has 0 aliphatic heterocycles. The van der Waals surface area contributed by atoms with E-state index in [1.165, 1.54) is 18.9 Å². The summed E-state index contributed by atoms with van der Waals surface area (Å²) >= 11 is 7.25. The van der Waals surface area contributed by atoms with Gasteiger partial charge in [-0.25, -0.2) is 0 Å². The van der Waals surface area contributed by atoms with Crippen LogP contribution in [-0.4, -0.2) is 37.2 Å². The number of ether oxygens (including phenoxy) is 1. The Hall–Kier alpha value is -2.51. The molecule has 0 aromatic heterocycles. The molecule has 0 heterocycles. The monoisotopic (exact) mass is 406 g/mol. The standard InChI is InChI=1S/C19H19ClN2O4S/c1-26-19(25)11-21-17(23)10-13-2-6-15(7-3-13)22-18(24)12-27-16-8-4-14(20)5-9-16/h2-9H,10-12H2,1H3,(H,21,23)(H,22,24). The van der Waals surface area contributed by atoms with Crippen LogP contribution in [0.15, 0.2) is 53.4 Å². The molecule has 0 saturated heterocycles. The van der Waals surface area contributed by atoms with Gasteiger partial charge >= 0.3 is 5.97 Å². The van der Waals surface area contributed by atoms with Gasteiger partial charge in [-0.05, 0) is 42.0 Å². The van der Waals surface area contributed by atoms with Crippen LogP contribution >= 0.6 is 23.4 Å². The number of halogens is 1. The number of hydrogen-bond donors (Lipinski definition) is 2. The summed E-state index contributed by atoms with van der Waals surface area (Å²) in [5.74, 6) is -0.632. The van der Waals surface area contributed by atoms with Gasteiger partial charge in [-0.3, -0.25) is 14.4 Å². The van der Waals surface area contributed by atoms with Crippen LogP contribution in [-0.2, 0) is 25.5 Å². The first-order chi connectivity index (χ1) is 13.0. The highest BCUT2D eigenvalue weighted by atomic mass is 35.5. The van der Waals surface area contributed by atoms with Crippen molar-refractivity contribution < 1.29 is 19.1 Å². The van der Waals surface area contributed by atoms with Crippen LogP contribution < -0.4 is 10.6 Å². The van der Waals surface area contributed by atoms with Crippen molar-refractivity contribution in [3.05, 3.63) is 59.1 Å². The number of methoxy groups -OCH3 is 1. The van der Waals surface area contributed by atoms with Gasteiger partial charge in [-0.2, -0.15) is 0 Å². The van der Waals surface area contributed by atoms with Crippen LogP contribution in [0, 0.1) is 0 Å². The lowest BCUT2D eigenvalue weighted by atomic mass is 10.1. The van der Waals surface area contributed by atoms with Crippen molar-refractivity contribution >= 4 is 46.8 Å². The Morgan fingerprint density at radius 1 is 1.00 bits per heavy atom. The number of nitrogens with one attached hydrogen (secondary N) is 2. The SMILES string of the molecule is COC(=O)CNC(=O)Cc1ccc(NC(=O)CSc2ccc(Cl)cc2)cc1. The van der Waals surface area contributed by atoms with Gasteiger partial charge in [0.2, 0.25) is 11.8 Å². The molecule has 2 amide bonds. The maximum Gasteiger partial charge on any atom is 0.325 e. The van der Waals surface area contributed by atoms with Gasteiger partial charge in [0, 0.05) is 15.6 Å². The highest BCUT2D eigenvalue weighted by Gasteiger charge is 2.08. The van der Waals surface area contributed by atoms with E-state index in [4.69, 9.17) is 11.6 Å². The van der Waals surface area contributed by atoms with Crippen LogP contribution in [0.2, 0.25) is 5.02 Å². The van der Waals surface area contributed by atoms with E-state index in [9.17, 15) is 14.4 Å². The van der Waals surface area contributed by atoms with E-state index in [0.29, 0.717) is 10.7 Å². The second kappa shape index (κ2) is 10.6. The predicted molar refractivity (Wildman–Crippen MR) is 106 cm³/mol. The molecule has 0 spiro atoms. The Labute approximate surface area is 166 Å². The van der Waals surface area contributed by atoms with E-state index in [1.54, 1.807) is 36.4 Å². The van der Waals surface area contributed by atoms with E-state index in [-0.39, 0.29) is 30.5 Å². The molecule has 142 valence electrons. The van der Waals surface area contributed by atoms with Crippen LogP contribution in [0.3, 0.4) is 0 Å². The number of thioether (sulfide) groups is 1. The summed E-state index contributed by atoms with van der Waals surface area (Å²) in [7, 11) is 1.26. The zero-order valence-electron chi connectivity index (χ0n) is 14.7. The second-order valence-corrected chi connectivity index (χ2v) is 7.00. The molecule has 2 aromatic rings. The third-order valence-corrected chi connectivity index (χ3v) is 4.71. The van der Waals surface area contributed by atoms with E-state index >= 15 is 0 Å². The third-order valence-electron chi connectivity index (χ3n) is 3.44. The van der Waals surface area contributed by atoms with Gasteiger partial charge in [0.05, 0.1) is 19.3 Å². The third kappa shape index (κ3) is 7.72. The Kier molecular flexibility index (Phi) is 8.16. The van der Waals surface area contributed by atoms with Crippen molar-refractivity contribution in [2.24, 2.45) is 0 Å². The number of carbonyl (C=O) groups excluding carboxylic acids is 3. The number of amides is 2. The molecule has 0 aliphatic rings. The molecule has 2 aromatic carbocycles. The molecular weight excluding hydrogens is 388 g/mol. The number of esters is 1. The molecule has 2 rings (SSSR count). The zero-order chi connectivity index (χ0) is 19.6. The van der Waals surface area contributed by atoms with Gasteiger partial charge in [-0.1, -0.05) is 23.7 Å². The quantitative estimate of drug-likeness (QED) is 0.520. The van der Waals surface area contributed by atoms with Gasteiger partial charge in [0.25, 0.3) is 0 Å². The molecule has 27 heavy (non-hydrogen) atoms. The Balaban J connectivity index is 1.77. The summed E-state index contributed by atoms with van der Waals surface area (Å²) in [6.07, 6.45) is 0.137. The van der Waals surface area contributed by atoms with Crippen molar-refractivity contribution in [3.63, 3.8) is 0 Å². The summed E-state index contributed by atoms with van der Waals surface area (Å²) in [4.78, 5) is 35.7. The molecule has 0 bridgehead atoms. The molecular formula is C19H19ClN2O4S. The average Bonchev–Trinajstić information content (AvgIpc) is 2.67. The largest absolute Gasteiger partial charge is 0.468 e. The lowest BCUT2D eigenvalue weighted by Gasteiger charge is -2.07. The molecule has 0 radical (unpaired) electrons. The number of benzene rings is 2. The molecule has 2 N–H and O–H groups in total. The average molecular weight is 407 g/mol. The van der Waals surface area contributed by atoms with Crippen molar-refractivity contribution in [1.29, 1.82) is 0 Å². The summed E-state index contributed by atoms with van der Waals surface area (Å²) in [5, 5.41) is 5.93. The molecule has 0 atom stereocenters. The fourth-order valence-electron chi connectivity index (χ4n) is 2.07. The minimum absolute atomic E-state index is 0.126. The normalized spacial score (nSPS) is 10.1. The van der Waals surface area contributed by atoms with E-state index in [1.807, 2.05) is 12.1 Å². The maximum atomic E-state index is 12.0. The first-order valence-electron chi connectivity index (χ1n) is 8.07. The van der Waals surface area contributed by atoms with Gasteiger partial charge in [0.1, 0.15) is 6.54 Å². The zero-order valence-corrected chi connectivity index (χ0v) is 16.2. The van der Waals surface area contributed by atoms with Crippen molar-refractivity contribution in [2.75, 3.05) is 24.7 Å². The predicted octanol–water partition coefficient (Wildman–Crippen LogP) is 2.90. The molecule has 0 aliphatic carbocycles. The summed E-state index contributed by atoms with van der Waals surface area (Å²) in [6, 6.07) is 14.2. The van der Waals surface area contributed by atoms with Gasteiger partial charge in [0.15, 0.2) is 0 Å². The topological polar surface area (TPSA) is 84.5 Å². The smallest absolute Gasteiger partial charge is 0.325 e.